The summed E-state index contributed by atoms with van der Waals surface area (Å²) >= 11 is 1.59. The van der Waals surface area contributed by atoms with Crippen molar-refractivity contribution in [3.63, 3.8) is 0 Å². The van der Waals surface area contributed by atoms with Gasteiger partial charge >= 0.3 is 0 Å². The van der Waals surface area contributed by atoms with Crippen molar-refractivity contribution in [3.8, 4) is 0 Å². The predicted molar refractivity (Wildman–Crippen MR) is 122 cm³/mol. The molecule has 6 heteroatoms. The number of fused-ring (bicyclic) bond motifs is 1. The van der Waals surface area contributed by atoms with E-state index in [0.29, 0.717) is 6.54 Å². The van der Waals surface area contributed by atoms with Gasteiger partial charge in [0.15, 0.2) is 5.13 Å². The van der Waals surface area contributed by atoms with E-state index < -0.39 is 0 Å². The highest BCUT2D eigenvalue weighted by atomic mass is 35.5. The highest BCUT2D eigenvalue weighted by Crippen LogP contribution is 2.31. The van der Waals surface area contributed by atoms with Crippen LogP contribution in [0.2, 0.25) is 0 Å². The van der Waals surface area contributed by atoms with E-state index in [1.807, 2.05) is 43.0 Å². The average molecular weight is 418 g/mol. The molecule has 0 radical (unpaired) electrons. The summed E-state index contributed by atoms with van der Waals surface area (Å²) < 4.78 is 1.12. The Morgan fingerprint density at radius 1 is 1.00 bits per heavy atom. The van der Waals surface area contributed by atoms with Gasteiger partial charge in [-0.15, -0.1) is 12.4 Å². The summed E-state index contributed by atoms with van der Waals surface area (Å²) in [6.45, 7) is 7.68. The van der Waals surface area contributed by atoms with Crippen molar-refractivity contribution >= 4 is 45.0 Å². The molecule has 3 rings (SSSR count). The number of thiazole rings is 1. The maximum atomic E-state index is 13.4. The molecule has 3 aromatic rings. The highest BCUT2D eigenvalue weighted by molar-refractivity contribution is 7.22. The third-order valence-corrected chi connectivity index (χ3v) is 5.66. The summed E-state index contributed by atoms with van der Waals surface area (Å²) in [7, 11) is 4.11. The molecule has 1 aromatic heterocycles. The summed E-state index contributed by atoms with van der Waals surface area (Å²) in [4.78, 5) is 22.2. The molecule has 0 bridgehead atoms. The number of halogens is 1. The first kappa shape index (κ1) is 22.3. The molecule has 0 saturated carbocycles. The quantitative estimate of drug-likeness (QED) is 0.550. The molecule has 150 valence electrons. The first-order valence-electron chi connectivity index (χ1n) is 9.26. The number of anilines is 1. The van der Waals surface area contributed by atoms with Crippen LogP contribution in [0, 0.1) is 20.8 Å². The maximum absolute atomic E-state index is 13.4. The van der Waals surface area contributed by atoms with Gasteiger partial charge in [-0.05, 0) is 77.2 Å². The second kappa shape index (κ2) is 9.50. The Morgan fingerprint density at radius 3 is 2.39 bits per heavy atom. The Morgan fingerprint density at radius 2 is 1.68 bits per heavy atom. The van der Waals surface area contributed by atoms with Crippen LogP contribution in [0.25, 0.3) is 10.2 Å². The molecule has 0 N–H and O–H groups in total. The van der Waals surface area contributed by atoms with Crippen LogP contribution in [0.1, 0.15) is 33.5 Å². The second-order valence-corrected chi connectivity index (χ2v) is 8.41. The van der Waals surface area contributed by atoms with Crippen molar-refractivity contribution in [1.82, 2.24) is 9.88 Å². The maximum Gasteiger partial charge on any atom is 0.260 e. The lowest BCUT2D eigenvalue weighted by Crippen LogP contribution is -2.34. The number of benzene rings is 2. The van der Waals surface area contributed by atoms with E-state index in [9.17, 15) is 4.79 Å². The van der Waals surface area contributed by atoms with Crippen LogP contribution in [0.4, 0.5) is 5.13 Å². The number of rotatable bonds is 6. The number of carbonyl (C=O) groups is 1. The Bertz CT molecular complexity index is 968. The molecule has 1 amide bonds. The summed E-state index contributed by atoms with van der Waals surface area (Å²) in [5.74, 6) is 0.0331. The molecule has 2 aromatic carbocycles. The van der Waals surface area contributed by atoms with Crippen molar-refractivity contribution in [2.24, 2.45) is 0 Å². The Balaban J connectivity index is 0.00000280. The number of aromatic nitrogens is 1. The Labute approximate surface area is 177 Å². The fourth-order valence-electron chi connectivity index (χ4n) is 3.08. The van der Waals surface area contributed by atoms with Crippen molar-refractivity contribution < 1.29 is 4.79 Å². The summed E-state index contributed by atoms with van der Waals surface area (Å²) in [6, 6.07) is 12.3. The molecule has 0 aliphatic heterocycles. The van der Waals surface area contributed by atoms with Crippen LogP contribution >= 0.6 is 23.7 Å². The molecule has 0 atom stereocenters. The minimum Gasteiger partial charge on any atom is -0.309 e. The summed E-state index contributed by atoms with van der Waals surface area (Å²) in [5.41, 5.74) is 5.01. The molecule has 0 aliphatic rings. The molecular weight excluding hydrogens is 390 g/mol. The SMILES string of the molecule is Cc1ccc(C)c(C(=O)N(CCCN(C)C)c2nc3ccc(C)cc3s2)c1.Cl. The normalized spacial score (nSPS) is 10.9. The Kier molecular flexibility index (Phi) is 7.58. The first-order chi connectivity index (χ1) is 12.8. The molecule has 28 heavy (non-hydrogen) atoms. The van der Waals surface area contributed by atoms with Gasteiger partial charge in [-0.3, -0.25) is 9.69 Å². The molecule has 4 nitrogen and oxygen atoms in total. The third kappa shape index (κ3) is 5.10. The first-order valence-corrected chi connectivity index (χ1v) is 10.1. The predicted octanol–water partition coefficient (Wildman–Crippen LogP) is 5.24. The van der Waals surface area contributed by atoms with Crippen LogP contribution in [0.15, 0.2) is 36.4 Å². The third-order valence-electron chi connectivity index (χ3n) is 4.62. The van der Waals surface area contributed by atoms with Gasteiger partial charge in [0.2, 0.25) is 0 Å². The van der Waals surface area contributed by atoms with Crippen molar-refractivity contribution in [1.29, 1.82) is 0 Å². The number of aryl methyl sites for hydroxylation is 3. The zero-order valence-corrected chi connectivity index (χ0v) is 18.8. The molecular formula is C22H28ClN3OS. The standard InChI is InChI=1S/C22H27N3OS.ClH/c1-15-7-9-17(3)18(13-15)21(26)25(12-6-11-24(4)5)22-23-19-10-8-16(2)14-20(19)27-22;/h7-10,13-14H,6,11-12H2,1-5H3;1H. The van der Waals surface area contributed by atoms with Crippen LogP contribution < -0.4 is 4.90 Å². The highest BCUT2D eigenvalue weighted by Gasteiger charge is 2.22. The van der Waals surface area contributed by atoms with Crippen LogP contribution in [-0.4, -0.2) is 43.0 Å². The van der Waals surface area contributed by atoms with E-state index in [2.05, 4.69) is 38.1 Å². The van der Waals surface area contributed by atoms with E-state index in [4.69, 9.17) is 4.98 Å². The monoisotopic (exact) mass is 417 g/mol. The second-order valence-electron chi connectivity index (χ2n) is 7.40. The molecule has 0 fully saturated rings. The summed E-state index contributed by atoms with van der Waals surface area (Å²) in [6.07, 6.45) is 0.901. The molecule has 0 aliphatic carbocycles. The van der Waals surface area contributed by atoms with Crippen LogP contribution in [-0.2, 0) is 0 Å². The van der Waals surface area contributed by atoms with Gasteiger partial charge in [0.1, 0.15) is 0 Å². The van der Waals surface area contributed by atoms with Crippen molar-refractivity contribution in [2.45, 2.75) is 27.2 Å². The van der Waals surface area contributed by atoms with E-state index in [-0.39, 0.29) is 18.3 Å². The number of carbonyl (C=O) groups excluding carboxylic acids is 1. The van der Waals surface area contributed by atoms with E-state index in [0.717, 1.165) is 45.0 Å². The van der Waals surface area contributed by atoms with Crippen LogP contribution in [0.3, 0.4) is 0 Å². The van der Waals surface area contributed by atoms with Crippen molar-refractivity contribution in [2.75, 3.05) is 32.1 Å². The molecule has 0 saturated heterocycles. The van der Waals surface area contributed by atoms with Crippen molar-refractivity contribution in [3.05, 3.63) is 58.7 Å². The van der Waals surface area contributed by atoms with Gasteiger partial charge in [-0.2, -0.15) is 0 Å². The van der Waals surface area contributed by atoms with Gasteiger partial charge in [-0.25, -0.2) is 4.98 Å². The zero-order chi connectivity index (χ0) is 19.6. The fraction of sp³-hybridized carbons (Fsp3) is 0.364. The van der Waals surface area contributed by atoms with Gasteiger partial charge in [-0.1, -0.05) is 35.1 Å². The number of hydrogen-bond donors (Lipinski definition) is 0. The number of nitrogens with zero attached hydrogens (tertiary/aromatic N) is 3. The van der Waals surface area contributed by atoms with E-state index in [1.54, 1.807) is 11.3 Å². The van der Waals surface area contributed by atoms with E-state index >= 15 is 0 Å². The Hall–Kier alpha value is -1.95. The minimum absolute atomic E-state index is 0. The zero-order valence-electron chi connectivity index (χ0n) is 17.2. The van der Waals surface area contributed by atoms with Crippen LogP contribution in [0.5, 0.6) is 0 Å². The van der Waals surface area contributed by atoms with E-state index in [1.165, 1.54) is 5.56 Å². The lowest BCUT2D eigenvalue weighted by molar-refractivity contribution is 0.0985. The van der Waals surface area contributed by atoms with Gasteiger partial charge < -0.3 is 4.90 Å². The molecule has 0 spiro atoms. The lowest BCUT2D eigenvalue weighted by atomic mass is 10.0. The number of amides is 1. The number of hydrogen-bond acceptors (Lipinski definition) is 4. The smallest absolute Gasteiger partial charge is 0.260 e. The lowest BCUT2D eigenvalue weighted by Gasteiger charge is -2.22. The molecule has 0 unspecified atom stereocenters. The van der Waals surface area contributed by atoms with Gasteiger partial charge in [0, 0.05) is 12.1 Å². The van der Waals surface area contributed by atoms with Gasteiger partial charge in [0.25, 0.3) is 5.91 Å². The average Bonchev–Trinajstić information content (AvgIpc) is 3.02. The minimum atomic E-state index is 0. The fourth-order valence-corrected chi connectivity index (χ4v) is 4.16. The van der Waals surface area contributed by atoms with Gasteiger partial charge in [0.05, 0.1) is 10.2 Å². The summed E-state index contributed by atoms with van der Waals surface area (Å²) in [5, 5.41) is 0.778. The topological polar surface area (TPSA) is 36.4 Å². The largest absolute Gasteiger partial charge is 0.309 e. The molecule has 1 heterocycles.